The summed E-state index contributed by atoms with van der Waals surface area (Å²) in [5, 5.41) is 9.08. The third kappa shape index (κ3) is 6.86. The van der Waals surface area contributed by atoms with E-state index in [1.54, 1.807) is 13.8 Å². The second-order valence-corrected chi connectivity index (χ2v) is 4.84. The van der Waals surface area contributed by atoms with Crippen molar-refractivity contribution in [1.29, 1.82) is 0 Å². The van der Waals surface area contributed by atoms with Gasteiger partial charge in [-0.2, -0.15) is 13.2 Å². The Morgan fingerprint density at radius 1 is 1.30 bits per heavy atom. The van der Waals surface area contributed by atoms with E-state index in [2.05, 4.69) is 12.6 Å². The Hall–Kier alpha value is -1.14. The molecule has 0 radical (unpaired) electrons. The topological polar surface area (TPSA) is 46.2 Å². The molecule has 0 saturated carbocycles. The van der Waals surface area contributed by atoms with Gasteiger partial charge < -0.3 is 10.8 Å². The van der Waals surface area contributed by atoms with E-state index >= 15 is 0 Å². The average molecular weight is 307 g/mol. The standard InChI is InChI=1S/C8H7F3.C6H13NOS/c1-6-2-4-7(5-3-6)8(9,10)11;1-3-5(8)6(9)4(2)7/h2-5H,1H3;5,8-9H,3,7H2,1-2H3/b;6-4-. The minimum absolute atomic E-state index is 0.488. The van der Waals surface area contributed by atoms with Crippen LogP contribution in [0.4, 0.5) is 13.2 Å². The van der Waals surface area contributed by atoms with Gasteiger partial charge in [0.1, 0.15) is 0 Å². The quantitative estimate of drug-likeness (QED) is 0.726. The molecule has 1 atom stereocenters. The number of hydrogen-bond acceptors (Lipinski definition) is 3. The van der Waals surface area contributed by atoms with Gasteiger partial charge in [-0.3, -0.25) is 0 Å². The maximum Gasteiger partial charge on any atom is 0.416 e. The van der Waals surface area contributed by atoms with Gasteiger partial charge >= 0.3 is 6.18 Å². The molecular formula is C14H20F3NOS. The van der Waals surface area contributed by atoms with E-state index in [4.69, 9.17) is 10.8 Å². The van der Waals surface area contributed by atoms with Gasteiger partial charge in [-0.1, -0.05) is 24.6 Å². The van der Waals surface area contributed by atoms with E-state index < -0.39 is 17.8 Å². The summed E-state index contributed by atoms with van der Waals surface area (Å²) in [6.07, 6.45) is -4.04. The minimum atomic E-state index is -4.21. The lowest BCUT2D eigenvalue weighted by atomic mass is 10.1. The largest absolute Gasteiger partial charge is 0.416 e. The zero-order chi connectivity index (χ0) is 15.9. The van der Waals surface area contributed by atoms with E-state index in [9.17, 15) is 13.2 Å². The lowest BCUT2D eigenvalue weighted by molar-refractivity contribution is -0.137. The predicted molar refractivity (Wildman–Crippen MR) is 78.4 cm³/mol. The number of halogens is 3. The van der Waals surface area contributed by atoms with E-state index in [1.807, 2.05) is 6.92 Å². The molecule has 0 bridgehead atoms. The SMILES string of the molecule is CCC(O)/C(S)=C(\C)N.Cc1ccc(C(F)(F)F)cc1. The van der Waals surface area contributed by atoms with Crippen molar-refractivity contribution in [2.24, 2.45) is 5.73 Å². The summed E-state index contributed by atoms with van der Waals surface area (Å²) < 4.78 is 35.8. The number of hydrogen-bond donors (Lipinski definition) is 3. The average Bonchev–Trinajstić information content (AvgIpc) is 2.37. The number of thiol groups is 1. The molecular weight excluding hydrogens is 287 g/mol. The predicted octanol–water partition coefficient (Wildman–Crippen LogP) is 3.89. The Bertz CT molecular complexity index is 437. The Labute approximate surface area is 122 Å². The van der Waals surface area contributed by atoms with E-state index in [0.29, 0.717) is 17.0 Å². The van der Waals surface area contributed by atoms with Crippen LogP contribution in [0.2, 0.25) is 0 Å². The highest BCUT2D eigenvalue weighted by molar-refractivity contribution is 7.84. The van der Waals surface area contributed by atoms with Crippen LogP contribution < -0.4 is 5.73 Å². The molecule has 1 unspecified atom stereocenters. The van der Waals surface area contributed by atoms with Crippen molar-refractivity contribution in [2.75, 3.05) is 0 Å². The van der Waals surface area contributed by atoms with Crippen molar-refractivity contribution in [3.8, 4) is 0 Å². The number of aliphatic hydroxyl groups excluding tert-OH is 1. The van der Waals surface area contributed by atoms with Crippen LogP contribution in [0.25, 0.3) is 0 Å². The second kappa shape index (κ2) is 8.21. The molecule has 114 valence electrons. The number of benzene rings is 1. The fraction of sp³-hybridized carbons (Fsp3) is 0.429. The number of nitrogens with two attached hydrogens (primary N) is 1. The Kier molecular flexibility index (Phi) is 7.75. The summed E-state index contributed by atoms with van der Waals surface area (Å²) >= 11 is 4.00. The van der Waals surface area contributed by atoms with Crippen LogP contribution in [0, 0.1) is 6.92 Å². The lowest BCUT2D eigenvalue weighted by Gasteiger charge is -2.07. The number of alkyl halides is 3. The number of rotatable bonds is 2. The number of aryl methyl sites for hydroxylation is 1. The van der Waals surface area contributed by atoms with Gasteiger partial charge in [0.05, 0.1) is 11.7 Å². The maximum atomic E-state index is 11.9. The van der Waals surface area contributed by atoms with Gasteiger partial charge in [0.25, 0.3) is 0 Å². The summed E-state index contributed by atoms with van der Waals surface area (Å²) in [6.45, 7) is 5.35. The molecule has 2 nitrogen and oxygen atoms in total. The van der Waals surface area contributed by atoms with Crippen LogP contribution >= 0.6 is 12.6 Å². The fourth-order valence-electron chi connectivity index (χ4n) is 1.20. The highest BCUT2D eigenvalue weighted by atomic mass is 32.1. The molecule has 1 aromatic carbocycles. The zero-order valence-corrected chi connectivity index (χ0v) is 12.6. The maximum absolute atomic E-state index is 11.9. The number of allylic oxidation sites excluding steroid dienone is 1. The lowest BCUT2D eigenvalue weighted by Crippen LogP contribution is -2.09. The van der Waals surface area contributed by atoms with E-state index in [-0.39, 0.29) is 0 Å². The first-order valence-electron chi connectivity index (χ1n) is 6.06. The molecule has 3 N–H and O–H groups in total. The van der Waals surface area contributed by atoms with Gasteiger partial charge in [0.2, 0.25) is 0 Å². The molecule has 0 aliphatic heterocycles. The van der Waals surface area contributed by atoms with Crippen LogP contribution in [-0.2, 0) is 6.18 Å². The molecule has 0 fully saturated rings. The van der Waals surface area contributed by atoms with Crippen molar-refractivity contribution in [3.63, 3.8) is 0 Å². The van der Waals surface area contributed by atoms with Gasteiger partial charge in [-0.05, 0) is 32.4 Å². The molecule has 6 heteroatoms. The van der Waals surface area contributed by atoms with Crippen molar-refractivity contribution in [1.82, 2.24) is 0 Å². The van der Waals surface area contributed by atoms with Gasteiger partial charge in [-0.25, -0.2) is 0 Å². The van der Waals surface area contributed by atoms with E-state index in [1.165, 1.54) is 12.1 Å². The molecule has 0 spiro atoms. The summed E-state index contributed by atoms with van der Waals surface area (Å²) in [5.74, 6) is 0. The molecule has 1 rings (SSSR count). The first kappa shape index (κ1) is 18.9. The van der Waals surface area contributed by atoms with Crippen molar-refractivity contribution in [2.45, 2.75) is 39.5 Å². The normalized spacial score (nSPS) is 14.0. The summed E-state index contributed by atoms with van der Waals surface area (Å²) in [5.41, 5.74) is 6.18. The molecule has 20 heavy (non-hydrogen) atoms. The van der Waals surface area contributed by atoms with E-state index in [0.717, 1.165) is 17.7 Å². The molecule has 0 aliphatic carbocycles. The van der Waals surface area contributed by atoms with Crippen molar-refractivity contribution < 1.29 is 18.3 Å². The summed E-state index contributed by atoms with van der Waals surface area (Å²) in [6, 6.07) is 5.05. The Balaban J connectivity index is 0.000000370. The van der Waals surface area contributed by atoms with Gasteiger partial charge in [0.15, 0.2) is 0 Å². The first-order chi connectivity index (χ1) is 9.09. The molecule has 0 aliphatic rings. The highest BCUT2D eigenvalue weighted by Crippen LogP contribution is 2.28. The third-order valence-corrected chi connectivity index (χ3v) is 3.14. The summed E-state index contributed by atoms with van der Waals surface area (Å²) in [4.78, 5) is 0.581. The Morgan fingerprint density at radius 2 is 1.75 bits per heavy atom. The highest BCUT2D eigenvalue weighted by Gasteiger charge is 2.29. The van der Waals surface area contributed by atoms with Crippen LogP contribution in [-0.4, -0.2) is 11.2 Å². The molecule has 1 aromatic rings. The molecule has 0 heterocycles. The molecule has 0 amide bonds. The Morgan fingerprint density at radius 3 is 2.00 bits per heavy atom. The zero-order valence-electron chi connectivity index (χ0n) is 11.7. The van der Waals surface area contributed by atoms with Crippen LogP contribution in [0.15, 0.2) is 34.9 Å². The minimum Gasteiger partial charge on any atom is -0.402 e. The van der Waals surface area contributed by atoms with Gasteiger partial charge in [0, 0.05) is 10.6 Å². The molecule has 0 aromatic heterocycles. The van der Waals surface area contributed by atoms with Crippen LogP contribution in [0.5, 0.6) is 0 Å². The van der Waals surface area contributed by atoms with Crippen LogP contribution in [0.1, 0.15) is 31.4 Å². The molecule has 0 saturated heterocycles. The van der Waals surface area contributed by atoms with Crippen molar-refractivity contribution in [3.05, 3.63) is 46.0 Å². The summed E-state index contributed by atoms with van der Waals surface area (Å²) in [7, 11) is 0. The smallest absolute Gasteiger partial charge is 0.402 e. The monoisotopic (exact) mass is 307 g/mol. The first-order valence-corrected chi connectivity index (χ1v) is 6.51. The third-order valence-electron chi connectivity index (χ3n) is 2.49. The fourth-order valence-corrected chi connectivity index (χ4v) is 1.38. The second-order valence-electron chi connectivity index (χ2n) is 4.36. The van der Waals surface area contributed by atoms with Crippen molar-refractivity contribution >= 4 is 12.6 Å². The number of aliphatic hydroxyl groups is 1. The van der Waals surface area contributed by atoms with Crippen LogP contribution in [0.3, 0.4) is 0 Å². The van der Waals surface area contributed by atoms with Gasteiger partial charge in [-0.15, -0.1) is 12.6 Å².